The first kappa shape index (κ1) is 16.3. The van der Waals surface area contributed by atoms with Crippen LogP contribution < -0.4 is 10.1 Å². The molecule has 1 heterocycles. The number of carbonyl (C=O) groups is 4. The van der Waals surface area contributed by atoms with Gasteiger partial charge in [-0.2, -0.15) is 0 Å². The average Bonchev–Trinajstić information content (AvgIpc) is 3.33. The first-order valence-corrected chi connectivity index (χ1v) is 7.62. The predicted molar refractivity (Wildman–Crippen MR) is 83.6 cm³/mol. The van der Waals surface area contributed by atoms with E-state index in [1.807, 2.05) is 0 Å². The van der Waals surface area contributed by atoms with E-state index < -0.39 is 30.3 Å². The van der Waals surface area contributed by atoms with E-state index >= 15 is 0 Å². The van der Waals surface area contributed by atoms with Crippen LogP contribution in [0.15, 0.2) is 18.2 Å². The van der Waals surface area contributed by atoms with Crippen LogP contribution in [0.3, 0.4) is 0 Å². The topological polar surface area (TPSA) is 96.0 Å². The number of ether oxygens (including phenoxy) is 1. The van der Waals surface area contributed by atoms with Crippen LogP contribution in [0.2, 0.25) is 5.02 Å². The molecule has 1 aliphatic heterocycles. The van der Waals surface area contributed by atoms with Gasteiger partial charge >= 0.3 is 17.8 Å². The third-order valence-electron chi connectivity index (χ3n) is 3.73. The molecular weight excluding hydrogens is 338 g/mol. The fourth-order valence-electron chi connectivity index (χ4n) is 2.40. The smallest absolute Gasteiger partial charge is 0.334 e. The van der Waals surface area contributed by atoms with E-state index in [0.717, 1.165) is 4.90 Å². The largest absolute Gasteiger partial charge is 0.495 e. The lowest BCUT2D eigenvalue weighted by molar-refractivity contribution is -0.143. The summed E-state index contributed by atoms with van der Waals surface area (Å²) in [7, 11) is 1.46. The summed E-state index contributed by atoms with van der Waals surface area (Å²) in [5.41, 5.74) is 0.385. The second-order valence-corrected chi connectivity index (χ2v) is 5.88. The van der Waals surface area contributed by atoms with Crippen LogP contribution in [-0.4, -0.2) is 53.2 Å². The molecule has 0 radical (unpaired) electrons. The molecule has 0 bridgehead atoms. The van der Waals surface area contributed by atoms with Crippen LogP contribution in [-0.2, 0) is 14.4 Å². The van der Waals surface area contributed by atoms with Gasteiger partial charge in [0.1, 0.15) is 12.3 Å². The van der Waals surface area contributed by atoms with E-state index in [-0.39, 0.29) is 6.04 Å². The number of carbonyl (C=O) groups excluding carboxylic acids is 4. The highest BCUT2D eigenvalue weighted by Gasteiger charge is 2.51. The second kappa shape index (κ2) is 6.12. The van der Waals surface area contributed by atoms with Crippen molar-refractivity contribution in [3.63, 3.8) is 0 Å². The fourth-order valence-corrected chi connectivity index (χ4v) is 2.66. The Morgan fingerprint density at radius 1 is 1.29 bits per heavy atom. The minimum Gasteiger partial charge on any atom is -0.495 e. The number of hydrogen-bond donors (Lipinski definition) is 1. The summed E-state index contributed by atoms with van der Waals surface area (Å²) < 4.78 is 5.01. The van der Waals surface area contributed by atoms with E-state index in [9.17, 15) is 19.2 Å². The number of urea groups is 1. The molecule has 1 N–H and O–H groups in total. The summed E-state index contributed by atoms with van der Waals surface area (Å²) >= 11 is 5.96. The molecule has 1 saturated carbocycles. The molecule has 0 spiro atoms. The van der Waals surface area contributed by atoms with Gasteiger partial charge in [0.05, 0.1) is 12.1 Å². The Labute approximate surface area is 142 Å². The predicted octanol–water partition coefficient (Wildman–Crippen LogP) is 1.24. The van der Waals surface area contributed by atoms with Crippen molar-refractivity contribution in [2.24, 2.45) is 0 Å². The molecule has 2 aliphatic rings. The Kier molecular flexibility index (Phi) is 4.15. The normalized spacial score (nSPS) is 17.5. The lowest BCUT2D eigenvalue weighted by Gasteiger charge is -2.15. The summed E-state index contributed by atoms with van der Waals surface area (Å²) in [6, 6.07) is 3.66. The third kappa shape index (κ3) is 2.92. The van der Waals surface area contributed by atoms with Gasteiger partial charge in [0, 0.05) is 11.7 Å². The van der Waals surface area contributed by atoms with Crippen LogP contribution >= 0.6 is 11.6 Å². The molecule has 9 heteroatoms. The molecule has 3 rings (SSSR count). The lowest BCUT2D eigenvalue weighted by Crippen LogP contribution is -2.39. The van der Waals surface area contributed by atoms with Crippen molar-refractivity contribution >= 4 is 41.0 Å². The van der Waals surface area contributed by atoms with E-state index in [1.54, 1.807) is 12.1 Å². The van der Waals surface area contributed by atoms with Crippen molar-refractivity contribution in [3.05, 3.63) is 23.2 Å². The zero-order valence-electron chi connectivity index (χ0n) is 12.7. The summed E-state index contributed by atoms with van der Waals surface area (Å²) in [5.74, 6) is -2.01. The van der Waals surface area contributed by atoms with Gasteiger partial charge in [-0.15, -0.1) is 0 Å². The maximum Gasteiger partial charge on any atom is 0.334 e. The molecule has 0 aromatic heterocycles. The molecule has 1 aliphatic carbocycles. The molecule has 0 atom stereocenters. The zero-order valence-corrected chi connectivity index (χ0v) is 13.5. The van der Waals surface area contributed by atoms with Crippen LogP contribution in [0.5, 0.6) is 5.75 Å². The molecule has 24 heavy (non-hydrogen) atoms. The molecule has 126 valence electrons. The Morgan fingerprint density at radius 3 is 2.58 bits per heavy atom. The van der Waals surface area contributed by atoms with Crippen LogP contribution in [0.4, 0.5) is 10.5 Å². The minimum absolute atomic E-state index is 0.220. The molecule has 1 saturated heterocycles. The number of amides is 5. The van der Waals surface area contributed by atoms with Gasteiger partial charge in [-0.05, 0) is 31.0 Å². The number of halogens is 1. The van der Waals surface area contributed by atoms with Gasteiger partial charge in [0.25, 0.3) is 0 Å². The molecular formula is C15H14ClN3O5. The van der Waals surface area contributed by atoms with Crippen molar-refractivity contribution in [1.29, 1.82) is 0 Å². The molecule has 2 fully saturated rings. The van der Waals surface area contributed by atoms with Gasteiger partial charge in [-0.3, -0.25) is 19.3 Å². The van der Waals surface area contributed by atoms with E-state index in [4.69, 9.17) is 16.3 Å². The second-order valence-electron chi connectivity index (χ2n) is 5.48. The van der Waals surface area contributed by atoms with Crippen molar-refractivity contribution < 1.29 is 23.9 Å². The molecule has 8 nitrogen and oxygen atoms in total. The van der Waals surface area contributed by atoms with Crippen molar-refractivity contribution in [2.45, 2.75) is 18.9 Å². The maximum atomic E-state index is 12.1. The third-order valence-corrected chi connectivity index (χ3v) is 4.03. The number of benzene rings is 1. The van der Waals surface area contributed by atoms with Crippen molar-refractivity contribution in [2.75, 3.05) is 19.0 Å². The number of methoxy groups -OCH3 is 1. The molecule has 1 aromatic rings. The molecule has 0 unspecified atom stereocenters. The molecule has 1 aromatic carbocycles. The number of rotatable bonds is 5. The lowest BCUT2D eigenvalue weighted by atomic mass is 10.3. The Balaban J connectivity index is 1.66. The van der Waals surface area contributed by atoms with Crippen LogP contribution in [0, 0.1) is 0 Å². The van der Waals surface area contributed by atoms with Crippen LogP contribution in [0.1, 0.15) is 12.8 Å². The molecule has 5 amide bonds. The average molecular weight is 352 g/mol. The minimum atomic E-state index is -0.977. The Morgan fingerprint density at radius 2 is 2.00 bits per heavy atom. The highest BCUT2D eigenvalue weighted by molar-refractivity contribution is 6.45. The van der Waals surface area contributed by atoms with Gasteiger partial charge in [-0.25, -0.2) is 9.69 Å². The van der Waals surface area contributed by atoms with E-state index in [1.165, 1.54) is 13.2 Å². The summed E-state index contributed by atoms with van der Waals surface area (Å²) in [6.07, 6.45) is 1.38. The highest BCUT2D eigenvalue weighted by atomic mass is 35.5. The van der Waals surface area contributed by atoms with Gasteiger partial charge in [0.15, 0.2) is 0 Å². The highest BCUT2D eigenvalue weighted by Crippen LogP contribution is 2.31. The number of hydrogen-bond acceptors (Lipinski definition) is 5. The first-order chi connectivity index (χ1) is 11.4. The zero-order chi connectivity index (χ0) is 17.4. The van der Waals surface area contributed by atoms with Gasteiger partial charge < -0.3 is 10.1 Å². The van der Waals surface area contributed by atoms with E-state index in [2.05, 4.69) is 5.32 Å². The first-order valence-electron chi connectivity index (χ1n) is 7.24. The van der Waals surface area contributed by atoms with Gasteiger partial charge in [-0.1, -0.05) is 11.6 Å². The van der Waals surface area contributed by atoms with Crippen LogP contribution in [0.25, 0.3) is 0 Å². The van der Waals surface area contributed by atoms with Crippen molar-refractivity contribution in [3.8, 4) is 5.75 Å². The quantitative estimate of drug-likeness (QED) is 0.636. The number of imide groups is 2. The fraction of sp³-hybridized carbons (Fsp3) is 0.333. The van der Waals surface area contributed by atoms with Gasteiger partial charge in [0.2, 0.25) is 5.91 Å². The monoisotopic (exact) mass is 351 g/mol. The van der Waals surface area contributed by atoms with E-state index in [0.29, 0.717) is 34.2 Å². The Bertz CT molecular complexity index is 747. The standard InChI is InChI=1S/C15H14ClN3O5/c1-24-11-5-2-8(6-10(11)16)17-12(20)7-18-13(21)14(22)19(15(18)23)9-3-4-9/h2,5-6,9H,3-4,7H2,1H3,(H,17,20). The summed E-state index contributed by atoms with van der Waals surface area (Å²) in [4.78, 5) is 49.5. The maximum absolute atomic E-state index is 12.1. The Hall–Kier alpha value is -2.61. The SMILES string of the molecule is COc1ccc(NC(=O)CN2C(=O)C(=O)N(C3CC3)C2=O)cc1Cl. The number of nitrogens with one attached hydrogen (secondary N) is 1. The number of anilines is 1. The number of nitrogens with zero attached hydrogens (tertiary/aromatic N) is 2. The summed E-state index contributed by atoms with van der Waals surface area (Å²) in [6.45, 7) is -0.531. The summed E-state index contributed by atoms with van der Waals surface area (Å²) in [5, 5.41) is 2.83. The van der Waals surface area contributed by atoms with Crippen molar-refractivity contribution in [1.82, 2.24) is 9.80 Å².